The molecule has 1 unspecified atom stereocenters. The second-order valence-electron chi connectivity index (χ2n) is 7.33. The number of rotatable bonds is 2. The molecule has 0 bridgehead atoms. The molecule has 2 atom stereocenters. The highest BCUT2D eigenvalue weighted by Gasteiger charge is 2.52. The van der Waals surface area contributed by atoms with Crippen LogP contribution in [0.25, 0.3) is 0 Å². The van der Waals surface area contributed by atoms with E-state index in [-0.39, 0.29) is 5.41 Å². The van der Waals surface area contributed by atoms with Crippen LogP contribution in [0.3, 0.4) is 0 Å². The summed E-state index contributed by atoms with van der Waals surface area (Å²) in [4.78, 5) is 17.0. The zero-order valence-electron chi connectivity index (χ0n) is 15.1. The van der Waals surface area contributed by atoms with Crippen molar-refractivity contribution in [2.45, 2.75) is 24.9 Å². The Morgan fingerprint density at radius 2 is 1.96 bits per heavy atom. The predicted molar refractivity (Wildman–Crippen MR) is 112 cm³/mol. The van der Waals surface area contributed by atoms with Crippen LogP contribution in [0.4, 0.5) is 16.2 Å². The van der Waals surface area contributed by atoms with Gasteiger partial charge in [0, 0.05) is 34.0 Å². The van der Waals surface area contributed by atoms with Gasteiger partial charge in [-0.3, -0.25) is 10.2 Å². The highest BCUT2D eigenvalue weighted by molar-refractivity contribution is 14.1. The Bertz CT molecular complexity index is 855. The average Bonchev–Trinajstić information content (AvgIpc) is 3.03. The van der Waals surface area contributed by atoms with Gasteiger partial charge < -0.3 is 9.64 Å². The summed E-state index contributed by atoms with van der Waals surface area (Å²) in [7, 11) is 4.31. The summed E-state index contributed by atoms with van der Waals surface area (Å²) in [6.45, 7) is 3.38. The molecule has 1 amide bonds. The molecule has 1 saturated heterocycles. The third-order valence-electron chi connectivity index (χ3n) is 5.60. The minimum absolute atomic E-state index is 0.0603. The average molecular weight is 459 g/mol. The van der Waals surface area contributed by atoms with Gasteiger partial charge in [-0.15, -0.1) is 0 Å². The summed E-state index contributed by atoms with van der Waals surface area (Å²) >= 11 is 2.23. The summed E-state index contributed by atoms with van der Waals surface area (Å²) < 4.78 is 6.66. The van der Waals surface area contributed by atoms with Crippen LogP contribution in [0, 0.1) is 3.57 Å². The SMILES string of the molecule is CN1CC[C@]2(C)c3cc(OC(=O)Nc4ccc([123I])cc4)ccc3N(C)C12. The Kier molecular flexibility index (Phi) is 4.35. The summed E-state index contributed by atoms with van der Waals surface area (Å²) in [5, 5.41) is 2.77. The van der Waals surface area contributed by atoms with Crippen molar-refractivity contribution in [2.24, 2.45) is 0 Å². The van der Waals surface area contributed by atoms with Crippen LogP contribution >= 0.6 is 22.6 Å². The molecule has 1 fully saturated rings. The number of nitrogens with one attached hydrogen (secondary N) is 1. The molecule has 0 aromatic heterocycles. The van der Waals surface area contributed by atoms with E-state index in [4.69, 9.17) is 4.74 Å². The van der Waals surface area contributed by atoms with Crippen molar-refractivity contribution in [1.82, 2.24) is 4.90 Å². The Hall–Kier alpha value is -1.80. The van der Waals surface area contributed by atoms with Crippen LogP contribution in [0.1, 0.15) is 18.9 Å². The van der Waals surface area contributed by atoms with E-state index in [1.807, 2.05) is 36.4 Å². The number of benzene rings is 2. The number of fused-ring (bicyclic) bond motifs is 3. The number of hydrogen-bond donors (Lipinski definition) is 1. The number of ether oxygens (including phenoxy) is 1. The molecule has 0 saturated carbocycles. The molecule has 2 aliphatic heterocycles. The Morgan fingerprint density at radius 3 is 2.69 bits per heavy atom. The number of carbonyl (C=O) groups is 1. The molecular weight excluding hydrogens is 437 g/mol. The van der Waals surface area contributed by atoms with Crippen molar-refractivity contribution in [3.63, 3.8) is 0 Å². The summed E-state index contributed by atoms with van der Waals surface area (Å²) in [6, 6.07) is 13.6. The second-order valence-corrected chi connectivity index (χ2v) is 8.58. The number of likely N-dealkylation sites (N-methyl/N-ethyl adjacent to an activating group) is 2. The molecule has 6 heteroatoms. The van der Waals surface area contributed by atoms with E-state index in [2.05, 4.69) is 64.8 Å². The van der Waals surface area contributed by atoms with Gasteiger partial charge >= 0.3 is 6.09 Å². The van der Waals surface area contributed by atoms with E-state index in [1.165, 1.54) is 11.3 Å². The molecule has 4 rings (SSSR count). The summed E-state index contributed by atoms with van der Waals surface area (Å²) in [5.41, 5.74) is 3.26. The molecule has 1 N–H and O–H groups in total. The minimum atomic E-state index is -0.470. The van der Waals surface area contributed by atoms with Crippen molar-refractivity contribution in [2.75, 3.05) is 30.9 Å². The van der Waals surface area contributed by atoms with Gasteiger partial charge in [0.05, 0.1) is 6.17 Å². The lowest BCUT2D eigenvalue weighted by atomic mass is 9.81. The topological polar surface area (TPSA) is 44.8 Å². The largest absolute Gasteiger partial charge is 0.417 e. The molecule has 2 heterocycles. The van der Waals surface area contributed by atoms with Crippen molar-refractivity contribution in [1.29, 1.82) is 0 Å². The number of anilines is 2. The fourth-order valence-electron chi connectivity index (χ4n) is 4.40. The van der Waals surface area contributed by atoms with Crippen LogP contribution in [0.15, 0.2) is 42.5 Å². The van der Waals surface area contributed by atoms with Gasteiger partial charge in [-0.25, -0.2) is 4.79 Å². The first-order valence-electron chi connectivity index (χ1n) is 8.70. The van der Waals surface area contributed by atoms with Crippen molar-refractivity contribution < 1.29 is 9.53 Å². The van der Waals surface area contributed by atoms with Gasteiger partial charge in [-0.05, 0) is 84.1 Å². The first-order chi connectivity index (χ1) is 12.4. The molecule has 0 radical (unpaired) electrons. The number of amides is 1. The van der Waals surface area contributed by atoms with Crippen LogP contribution in [0.2, 0.25) is 0 Å². The van der Waals surface area contributed by atoms with Crippen LogP contribution in [-0.4, -0.2) is 37.8 Å². The zero-order chi connectivity index (χ0) is 18.5. The highest BCUT2D eigenvalue weighted by atomic mass is 123. The van der Waals surface area contributed by atoms with Gasteiger partial charge in [-0.2, -0.15) is 0 Å². The molecular formula is C20H22IN3O2. The molecule has 2 aromatic rings. The van der Waals surface area contributed by atoms with E-state index in [9.17, 15) is 4.79 Å². The fourth-order valence-corrected chi connectivity index (χ4v) is 4.76. The van der Waals surface area contributed by atoms with E-state index >= 15 is 0 Å². The van der Waals surface area contributed by atoms with E-state index in [0.29, 0.717) is 11.9 Å². The monoisotopic (exact) mass is 459 g/mol. The van der Waals surface area contributed by atoms with Gasteiger partial charge in [0.2, 0.25) is 0 Å². The van der Waals surface area contributed by atoms with Gasteiger partial charge in [0.25, 0.3) is 0 Å². The van der Waals surface area contributed by atoms with Gasteiger partial charge in [-0.1, -0.05) is 6.92 Å². The van der Waals surface area contributed by atoms with E-state index < -0.39 is 6.09 Å². The van der Waals surface area contributed by atoms with Crippen molar-refractivity contribution in [3.05, 3.63) is 51.6 Å². The lowest BCUT2D eigenvalue weighted by Crippen LogP contribution is -2.45. The van der Waals surface area contributed by atoms with Crippen molar-refractivity contribution in [3.8, 4) is 5.75 Å². The normalized spacial score (nSPS) is 24.3. The minimum Gasteiger partial charge on any atom is -0.410 e. The van der Waals surface area contributed by atoms with Crippen LogP contribution in [0.5, 0.6) is 5.75 Å². The second kappa shape index (κ2) is 6.42. The third kappa shape index (κ3) is 2.85. The number of likely N-dealkylation sites (tertiary alicyclic amines) is 1. The maximum Gasteiger partial charge on any atom is 0.417 e. The maximum absolute atomic E-state index is 12.2. The predicted octanol–water partition coefficient (Wildman–Crippen LogP) is 4.27. The van der Waals surface area contributed by atoms with E-state index in [0.717, 1.165) is 22.2 Å². The molecule has 5 nitrogen and oxygen atoms in total. The molecule has 2 aliphatic rings. The lowest BCUT2D eigenvalue weighted by Gasteiger charge is -2.32. The van der Waals surface area contributed by atoms with Gasteiger partial charge in [0.15, 0.2) is 0 Å². The first kappa shape index (κ1) is 17.6. The van der Waals surface area contributed by atoms with Crippen LogP contribution < -0.4 is 15.0 Å². The van der Waals surface area contributed by atoms with E-state index in [1.54, 1.807) is 0 Å². The summed E-state index contributed by atoms with van der Waals surface area (Å²) in [5.74, 6) is 0.580. The van der Waals surface area contributed by atoms with Crippen LogP contribution in [-0.2, 0) is 5.41 Å². The Morgan fingerprint density at radius 1 is 1.23 bits per heavy atom. The number of nitrogens with zero attached hydrogens (tertiary/aromatic N) is 2. The number of carbonyl (C=O) groups excluding carboxylic acids is 1. The molecule has 0 spiro atoms. The maximum atomic E-state index is 12.2. The molecule has 2 aromatic carbocycles. The standard InChI is InChI=1S/C20H22IN3O2/c1-20-10-11-23(2)18(20)24(3)17-9-8-15(12-16(17)20)26-19(25)22-14-6-4-13(21)5-7-14/h4-9,12,18H,10-11H2,1-3H3,(H,22,25)/t18?,20-/m1/s1/i21-4. The number of hydrogen-bond acceptors (Lipinski definition) is 4. The summed E-state index contributed by atoms with van der Waals surface area (Å²) in [6.07, 6.45) is 0.986. The quantitative estimate of drug-likeness (QED) is 0.682. The number of halogens is 1. The zero-order valence-corrected chi connectivity index (χ0v) is 17.3. The Labute approximate surface area is 167 Å². The van der Waals surface area contributed by atoms with Crippen molar-refractivity contribution >= 4 is 40.1 Å². The molecule has 136 valence electrons. The highest BCUT2D eigenvalue weighted by Crippen LogP contribution is 2.51. The molecule has 0 aliphatic carbocycles. The smallest absolute Gasteiger partial charge is 0.410 e. The Balaban J connectivity index is 1.54. The molecule has 26 heavy (non-hydrogen) atoms. The lowest BCUT2D eigenvalue weighted by molar-refractivity contribution is 0.215. The fraction of sp³-hybridized carbons (Fsp3) is 0.350. The third-order valence-corrected chi connectivity index (χ3v) is 6.32. The van der Waals surface area contributed by atoms with Gasteiger partial charge in [0.1, 0.15) is 5.75 Å². The first-order valence-corrected chi connectivity index (χ1v) is 9.78.